The molecular formula is C61H60N8O4. The highest BCUT2D eigenvalue weighted by atomic mass is 16.2. The minimum absolute atomic E-state index is 0.150. The van der Waals surface area contributed by atoms with Crippen LogP contribution in [0.4, 0.5) is 22.7 Å². The molecule has 8 bridgehead atoms. The molecule has 368 valence electrons. The van der Waals surface area contributed by atoms with Gasteiger partial charge in [-0.25, -0.2) is 9.97 Å². The summed E-state index contributed by atoms with van der Waals surface area (Å²) in [6.07, 6.45) is 7.87. The molecule has 0 unspecified atom stereocenters. The molecule has 0 saturated heterocycles. The average Bonchev–Trinajstić information content (AvgIpc) is 4.18. The molecule has 0 fully saturated rings. The normalized spacial score (nSPS) is 12.4. The van der Waals surface area contributed by atoms with Crippen LogP contribution in [-0.4, -0.2) is 43.6 Å². The zero-order valence-electron chi connectivity index (χ0n) is 42.9. The summed E-state index contributed by atoms with van der Waals surface area (Å²) >= 11 is 0. The van der Waals surface area contributed by atoms with Crippen LogP contribution in [0, 0.1) is 16.2 Å². The predicted octanol–water partition coefficient (Wildman–Crippen LogP) is 14.2. The third-order valence-corrected chi connectivity index (χ3v) is 12.6. The predicted molar refractivity (Wildman–Crippen MR) is 299 cm³/mol. The molecule has 0 radical (unpaired) electrons. The number of nitrogens with zero attached hydrogens (tertiary/aromatic N) is 2. The van der Waals surface area contributed by atoms with Crippen molar-refractivity contribution in [2.24, 2.45) is 16.2 Å². The van der Waals surface area contributed by atoms with Crippen LogP contribution in [0.2, 0.25) is 0 Å². The number of carbonyl (C=O) groups is 4. The number of fused-ring (bicyclic) bond motifs is 8. The number of hydrogen-bond acceptors (Lipinski definition) is 6. The maximum Gasteiger partial charge on any atom is 0.229 e. The van der Waals surface area contributed by atoms with Gasteiger partial charge in [-0.1, -0.05) is 135 Å². The molecule has 12 nitrogen and oxygen atoms in total. The third-order valence-electron chi connectivity index (χ3n) is 12.6. The van der Waals surface area contributed by atoms with Crippen molar-refractivity contribution >= 4 is 92.7 Å². The standard InChI is InChI=1S/C61H60N8O4/c1-35(70)62-40-23-15-11-19-36(40)52-44-27-29-46(63-44)53(37-20-12-16-24-41(37)67-56(71)59(2,3)4)48-31-33-50(65-48)55(39-22-14-18-26-43(39)69-58(73)61(8,9)10)51-34-32-49(66-51)54(47-30-28-45(52)64-47)38-21-13-17-25-42(38)68-57(72)60(5,6)7/h11-34,63,66H,1-10H3,(H,62,70)(H,67,71)(H,68,72)(H,69,73). The molecule has 12 heteroatoms. The molecule has 9 rings (SSSR count). The van der Waals surface area contributed by atoms with Crippen molar-refractivity contribution < 1.29 is 19.2 Å². The molecule has 7 aromatic rings. The SMILES string of the molecule is CC(=O)Nc1ccccc1-c1c2nc(c(-c3ccccc3NC(=O)C(C)(C)C)c3ccc([nH]3)c(-c3ccccc3NC(=O)C(C)(C)C)c3nc(c(-c4ccccc4NC(=O)C(C)(C)C)c4ccc1[nH]4)C=C3)C=C2. The molecule has 2 aliphatic rings. The number of nitrogens with one attached hydrogen (secondary N) is 6. The lowest BCUT2D eigenvalue weighted by atomic mass is 9.94. The number of hydrogen-bond donors (Lipinski definition) is 6. The summed E-state index contributed by atoms with van der Waals surface area (Å²) in [6, 6.07) is 38.7. The van der Waals surface area contributed by atoms with E-state index in [1.165, 1.54) is 6.92 Å². The van der Waals surface area contributed by atoms with E-state index in [1.54, 1.807) is 0 Å². The van der Waals surface area contributed by atoms with E-state index in [0.29, 0.717) is 89.8 Å². The van der Waals surface area contributed by atoms with Crippen LogP contribution in [-0.2, 0) is 19.2 Å². The summed E-state index contributed by atoms with van der Waals surface area (Å²) in [4.78, 5) is 72.5. The van der Waals surface area contributed by atoms with Crippen molar-refractivity contribution in [3.63, 3.8) is 0 Å². The number of amides is 4. The maximum absolute atomic E-state index is 13.8. The number of H-pyrrole nitrogens is 2. The van der Waals surface area contributed by atoms with Crippen LogP contribution in [0.15, 0.2) is 121 Å². The first-order valence-corrected chi connectivity index (χ1v) is 24.4. The molecular weight excluding hydrogens is 909 g/mol. The largest absolute Gasteiger partial charge is 0.354 e. The highest BCUT2D eigenvalue weighted by molar-refractivity contribution is 6.08. The summed E-state index contributed by atoms with van der Waals surface area (Å²) in [5.74, 6) is -0.678. The van der Waals surface area contributed by atoms with E-state index in [4.69, 9.17) is 9.97 Å². The van der Waals surface area contributed by atoms with E-state index in [9.17, 15) is 19.2 Å². The van der Waals surface area contributed by atoms with Gasteiger partial charge in [0.15, 0.2) is 0 Å². The van der Waals surface area contributed by atoms with Gasteiger partial charge in [-0.3, -0.25) is 19.2 Å². The highest BCUT2D eigenvalue weighted by Gasteiger charge is 2.28. The first-order chi connectivity index (χ1) is 34.7. The molecule has 4 aromatic carbocycles. The Morgan fingerprint density at radius 2 is 0.589 bits per heavy atom. The number of rotatable bonds is 8. The zero-order chi connectivity index (χ0) is 52.0. The minimum Gasteiger partial charge on any atom is -0.354 e. The Morgan fingerprint density at radius 1 is 0.356 bits per heavy atom. The monoisotopic (exact) mass is 968 g/mol. The molecule has 4 amide bonds. The van der Waals surface area contributed by atoms with Gasteiger partial charge in [0.1, 0.15) is 0 Å². The second-order valence-corrected chi connectivity index (χ2v) is 21.5. The molecule has 0 spiro atoms. The van der Waals surface area contributed by atoms with Crippen molar-refractivity contribution in [1.29, 1.82) is 0 Å². The second kappa shape index (κ2) is 19.2. The van der Waals surface area contributed by atoms with Crippen LogP contribution in [0.25, 0.3) is 90.9 Å². The fourth-order valence-electron chi connectivity index (χ4n) is 8.70. The van der Waals surface area contributed by atoms with Gasteiger partial charge in [-0.15, -0.1) is 0 Å². The van der Waals surface area contributed by atoms with Gasteiger partial charge in [0.2, 0.25) is 23.6 Å². The Kier molecular flexibility index (Phi) is 13.0. The lowest BCUT2D eigenvalue weighted by molar-refractivity contribution is -0.123. The van der Waals surface area contributed by atoms with Gasteiger partial charge < -0.3 is 31.2 Å². The number of aromatic nitrogens is 4. The summed E-state index contributed by atoms with van der Waals surface area (Å²) in [5.41, 5.74) is 11.3. The Morgan fingerprint density at radius 3 is 0.822 bits per heavy atom. The quantitative estimate of drug-likeness (QED) is 0.0884. The lowest BCUT2D eigenvalue weighted by Crippen LogP contribution is -2.27. The lowest BCUT2D eigenvalue weighted by Gasteiger charge is -2.20. The summed E-state index contributed by atoms with van der Waals surface area (Å²) < 4.78 is 0. The third kappa shape index (κ3) is 10.1. The van der Waals surface area contributed by atoms with Gasteiger partial charge in [0.05, 0.1) is 22.8 Å². The average molecular weight is 969 g/mol. The number of para-hydroxylation sites is 4. The fourth-order valence-corrected chi connectivity index (χ4v) is 8.70. The summed E-state index contributed by atoms with van der Waals surface area (Å²) in [6.45, 7) is 18.4. The molecule has 6 N–H and O–H groups in total. The first-order valence-electron chi connectivity index (χ1n) is 24.4. The van der Waals surface area contributed by atoms with Gasteiger partial charge in [-0.2, -0.15) is 0 Å². The van der Waals surface area contributed by atoms with E-state index in [0.717, 1.165) is 22.3 Å². The van der Waals surface area contributed by atoms with Crippen molar-refractivity contribution in [3.05, 3.63) is 144 Å². The highest BCUT2D eigenvalue weighted by Crippen LogP contribution is 2.43. The van der Waals surface area contributed by atoms with Crippen molar-refractivity contribution in [3.8, 4) is 44.5 Å². The van der Waals surface area contributed by atoms with E-state index in [-0.39, 0.29) is 23.6 Å². The second-order valence-electron chi connectivity index (χ2n) is 21.5. The number of aromatic amines is 2. The Balaban J connectivity index is 1.47. The molecule has 2 aliphatic heterocycles. The molecule has 5 heterocycles. The van der Waals surface area contributed by atoms with E-state index in [1.807, 2.05) is 208 Å². The molecule has 0 atom stereocenters. The van der Waals surface area contributed by atoms with Gasteiger partial charge in [0.25, 0.3) is 0 Å². The zero-order valence-corrected chi connectivity index (χ0v) is 42.9. The number of benzene rings is 4. The fraction of sp³-hybridized carbons (Fsp3) is 0.213. The molecule has 3 aromatic heterocycles. The minimum atomic E-state index is -0.688. The topological polar surface area (TPSA) is 174 Å². The van der Waals surface area contributed by atoms with Crippen molar-refractivity contribution in [2.45, 2.75) is 69.2 Å². The van der Waals surface area contributed by atoms with Crippen molar-refractivity contribution in [2.75, 3.05) is 21.3 Å². The van der Waals surface area contributed by atoms with Crippen LogP contribution < -0.4 is 21.3 Å². The smallest absolute Gasteiger partial charge is 0.229 e. The van der Waals surface area contributed by atoms with Gasteiger partial charge in [0, 0.05) is 112 Å². The number of carbonyl (C=O) groups excluding carboxylic acids is 4. The van der Waals surface area contributed by atoms with E-state index >= 15 is 0 Å². The van der Waals surface area contributed by atoms with Crippen molar-refractivity contribution in [1.82, 2.24) is 19.9 Å². The summed E-state index contributed by atoms with van der Waals surface area (Å²) in [5, 5.41) is 12.7. The maximum atomic E-state index is 13.8. The van der Waals surface area contributed by atoms with Crippen LogP contribution in [0.5, 0.6) is 0 Å². The van der Waals surface area contributed by atoms with E-state index in [2.05, 4.69) is 31.2 Å². The van der Waals surface area contributed by atoms with Crippen LogP contribution >= 0.6 is 0 Å². The molecule has 0 aliphatic carbocycles. The Hall–Kier alpha value is -8.64. The Bertz CT molecular complexity index is 3560. The first kappa shape index (κ1) is 49.3. The number of anilines is 4. The van der Waals surface area contributed by atoms with Crippen LogP contribution in [0.3, 0.4) is 0 Å². The van der Waals surface area contributed by atoms with E-state index < -0.39 is 16.2 Å². The molecule has 73 heavy (non-hydrogen) atoms. The van der Waals surface area contributed by atoms with Crippen LogP contribution in [0.1, 0.15) is 92.0 Å². The van der Waals surface area contributed by atoms with Gasteiger partial charge >= 0.3 is 0 Å². The summed E-state index contributed by atoms with van der Waals surface area (Å²) in [7, 11) is 0. The Labute approximate surface area is 425 Å². The molecule has 0 saturated carbocycles. The van der Waals surface area contributed by atoms with Gasteiger partial charge in [-0.05, 0) is 72.8 Å².